The first-order valence-electron chi connectivity index (χ1n) is 7.77. The van der Waals surface area contributed by atoms with Gasteiger partial charge in [0, 0.05) is 19.3 Å². The van der Waals surface area contributed by atoms with E-state index < -0.39 is 26.3 Å². The molecule has 0 fully saturated rings. The minimum Gasteiger partial charge on any atom is -0.611 e. The number of hydrogen-bond donors (Lipinski definition) is 0. The van der Waals surface area contributed by atoms with E-state index in [2.05, 4.69) is 9.97 Å². The van der Waals surface area contributed by atoms with Crippen LogP contribution in [-0.2, 0) is 18.2 Å². The highest BCUT2D eigenvalue weighted by Crippen LogP contribution is 3.02. The van der Waals surface area contributed by atoms with Crippen LogP contribution in [0.2, 0.25) is 0 Å². The van der Waals surface area contributed by atoms with Gasteiger partial charge in [-0.25, -0.2) is 9.97 Å². The van der Waals surface area contributed by atoms with Gasteiger partial charge in [0.15, 0.2) is 10.5 Å². The first kappa shape index (κ1) is 19.9. The van der Waals surface area contributed by atoms with E-state index in [1.165, 1.54) is 11.5 Å². The van der Waals surface area contributed by atoms with Crippen molar-refractivity contribution in [2.75, 3.05) is 5.75 Å². The number of nitrogens with zero attached hydrogens (tertiary/aromatic N) is 3. The van der Waals surface area contributed by atoms with Gasteiger partial charge < -0.3 is 9.12 Å². The zero-order valence-corrected chi connectivity index (χ0v) is 16.2. The van der Waals surface area contributed by atoms with Gasteiger partial charge in [0.2, 0.25) is 0 Å². The summed E-state index contributed by atoms with van der Waals surface area (Å²) < 4.78 is 79.8. The predicted molar refractivity (Wildman–Crippen MR) is 97.0 cm³/mol. The Hall–Kier alpha value is -1.85. The minimum atomic E-state index is -9.89. The van der Waals surface area contributed by atoms with Gasteiger partial charge in [-0.3, -0.25) is 0 Å². The van der Waals surface area contributed by atoms with E-state index in [0.717, 1.165) is 11.6 Å². The quantitative estimate of drug-likeness (QED) is 0.396. The molecule has 1 aromatic carbocycles. The highest BCUT2D eigenvalue weighted by molar-refractivity contribution is 8.45. The van der Waals surface area contributed by atoms with Gasteiger partial charge >= 0.3 is 10.2 Å². The summed E-state index contributed by atoms with van der Waals surface area (Å²) in [5.41, 5.74) is 1.90. The molecule has 0 saturated carbocycles. The Bertz CT molecular complexity index is 1050. The predicted octanol–water partition coefficient (Wildman–Crippen LogP) is 5.73. The number of fused-ring (bicyclic) bond motifs is 1. The second kappa shape index (κ2) is 5.58. The Labute approximate surface area is 155 Å². The fourth-order valence-corrected chi connectivity index (χ4v) is 4.40. The van der Waals surface area contributed by atoms with Gasteiger partial charge in [-0.2, -0.15) is 0 Å². The molecule has 11 heteroatoms. The fraction of sp³-hybridized carbons (Fsp3) is 0.250. The third-order valence-electron chi connectivity index (χ3n) is 3.99. The Morgan fingerprint density at radius 2 is 1.81 bits per heavy atom. The summed E-state index contributed by atoms with van der Waals surface area (Å²) in [6.45, 7) is 3.30. The summed E-state index contributed by atoms with van der Waals surface area (Å²) in [6, 6.07) is 3.22. The number of hydrogen-bond acceptors (Lipinski definition) is 3. The van der Waals surface area contributed by atoms with Crippen molar-refractivity contribution in [3.05, 3.63) is 36.0 Å². The van der Waals surface area contributed by atoms with Crippen molar-refractivity contribution in [3.8, 4) is 11.4 Å². The maximum absolute atomic E-state index is 13.2. The smallest absolute Gasteiger partial charge is 0.310 e. The lowest BCUT2D eigenvalue weighted by atomic mass is 10.2. The average Bonchev–Trinajstić information content (AvgIpc) is 2.87. The molecule has 27 heavy (non-hydrogen) atoms. The second-order valence-electron chi connectivity index (χ2n) is 6.11. The zero-order valence-electron chi connectivity index (χ0n) is 14.6. The summed E-state index contributed by atoms with van der Waals surface area (Å²) in [6.07, 6.45) is 1.61. The number of pyridine rings is 1. The van der Waals surface area contributed by atoms with E-state index in [0.29, 0.717) is 17.2 Å². The van der Waals surface area contributed by atoms with Gasteiger partial charge in [0.05, 0.1) is 5.56 Å². The lowest BCUT2D eigenvalue weighted by Gasteiger charge is -2.40. The van der Waals surface area contributed by atoms with E-state index in [9.17, 15) is 24.0 Å². The Kier molecular flexibility index (Phi) is 4.11. The molecule has 0 aliphatic heterocycles. The zero-order chi connectivity index (χ0) is 20.3. The Morgan fingerprint density at radius 1 is 1.15 bits per heavy atom. The summed E-state index contributed by atoms with van der Waals surface area (Å²) >= 11 is -1.91. The van der Waals surface area contributed by atoms with Crippen molar-refractivity contribution in [2.45, 2.75) is 23.6 Å². The van der Waals surface area contributed by atoms with Crippen molar-refractivity contribution < 1.29 is 24.0 Å². The third-order valence-corrected chi connectivity index (χ3v) is 6.49. The molecule has 0 radical (unpaired) electrons. The molecule has 0 bridgehead atoms. The molecule has 0 amide bonds. The fourth-order valence-electron chi connectivity index (χ4n) is 2.69. The van der Waals surface area contributed by atoms with Crippen LogP contribution in [0.4, 0.5) is 19.4 Å². The highest BCUT2D eigenvalue weighted by atomic mass is 32.5. The average molecular weight is 425 g/mol. The summed E-state index contributed by atoms with van der Waals surface area (Å²) in [5, 5.41) is 0. The van der Waals surface area contributed by atoms with Gasteiger partial charge in [0.25, 0.3) is 0 Å². The molecule has 1 unspecified atom stereocenters. The highest BCUT2D eigenvalue weighted by Gasteiger charge is 2.65. The lowest BCUT2D eigenvalue weighted by Crippen LogP contribution is -2.11. The molecule has 0 spiro atoms. The molecule has 0 aliphatic carbocycles. The van der Waals surface area contributed by atoms with Crippen molar-refractivity contribution in [1.82, 2.24) is 14.5 Å². The SMILES string of the molecule is CC[S+]([O-])c1cc(S(F)(F)(F)(F)F)ccc1-c1nc2cc(C)cnc2n1C. The largest absolute Gasteiger partial charge is 0.611 e. The standard InChI is InChI=1S/C16H16F5N3OS2/c1-4-26(25)14-8-11(27(17,18,19,20)21)5-6-12(14)15-23-13-7-10(2)9-22-16(13)24(15)3/h5-9H,4H2,1-3H3. The van der Waals surface area contributed by atoms with Gasteiger partial charge in [-0.05, 0) is 48.8 Å². The molecule has 148 valence electrons. The number of aryl methyl sites for hydroxylation is 2. The van der Waals surface area contributed by atoms with Gasteiger partial charge in [-0.1, -0.05) is 19.4 Å². The maximum atomic E-state index is 13.2. The van der Waals surface area contributed by atoms with Crippen LogP contribution in [0.5, 0.6) is 0 Å². The van der Waals surface area contributed by atoms with Crippen molar-refractivity contribution in [3.63, 3.8) is 0 Å². The second-order valence-corrected chi connectivity index (χ2v) is 10.2. The molecule has 3 rings (SSSR count). The lowest BCUT2D eigenvalue weighted by molar-refractivity contribution is 0.363. The molecule has 2 heterocycles. The summed E-state index contributed by atoms with van der Waals surface area (Å²) in [4.78, 5) is 6.18. The normalized spacial score (nSPS) is 16.2. The molecule has 0 saturated heterocycles. The minimum absolute atomic E-state index is 0.0297. The van der Waals surface area contributed by atoms with Crippen LogP contribution in [-0.4, -0.2) is 24.8 Å². The molecule has 4 nitrogen and oxygen atoms in total. The van der Waals surface area contributed by atoms with E-state index in [1.54, 1.807) is 19.3 Å². The van der Waals surface area contributed by atoms with Crippen molar-refractivity contribution in [1.29, 1.82) is 0 Å². The molecular formula is C16H16F5N3OS2. The molecule has 0 aliphatic rings. The Balaban J connectivity index is 2.29. The van der Waals surface area contributed by atoms with Crippen molar-refractivity contribution >= 4 is 32.6 Å². The van der Waals surface area contributed by atoms with Gasteiger partial charge in [-0.15, -0.1) is 0 Å². The summed E-state index contributed by atoms with van der Waals surface area (Å²) in [5.74, 6) is 0.173. The number of rotatable bonds is 4. The molecule has 2 aromatic heterocycles. The van der Waals surface area contributed by atoms with E-state index >= 15 is 0 Å². The van der Waals surface area contributed by atoms with Crippen LogP contribution in [0.25, 0.3) is 22.6 Å². The molecule has 1 atom stereocenters. The van der Waals surface area contributed by atoms with Crippen LogP contribution in [0.1, 0.15) is 12.5 Å². The number of benzene rings is 1. The third kappa shape index (κ3) is 3.76. The first-order chi connectivity index (χ1) is 12.2. The van der Waals surface area contributed by atoms with Crippen LogP contribution < -0.4 is 0 Å². The molecule has 0 N–H and O–H groups in total. The molecular weight excluding hydrogens is 409 g/mol. The van der Waals surface area contributed by atoms with E-state index in [-0.39, 0.29) is 28.1 Å². The van der Waals surface area contributed by atoms with Crippen molar-refractivity contribution in [2.24, 2.45) is 7.05 Å². The number of aromatic nitrogens is 3. The number of halogens is 5. The topological polar surface area (TPSA) is 53.8 Å². The van der Waals surface area contributed by atoms with Crippen LogP contribution in [0.15, 0.2) is 40.3 Å². The monoisotopic (exact) mass is 425 g/mol. The number of imidazole rings is 1. The van der Waals surface area contributed by atoms with E-state index in [1.807, 2.05) is 6.92 Å². The van der Waals surface area contributed by atoms with Crippen LogP contribution in [0.3, 0.4) is 0 Å². The van der Waals surface area contributed by atoms with Crippen LogP contribution >= 0.6 is 10.2 Å². The maximum Gasteiger partial charge on any atom is 0.310 e. The Morgan fingerprint density at radius 3 is 2.41 bits per heavy atom. The van der Waals surface area contributed by atoms with Crippen LogP contribution in [0, 0.1) is 6.92 Å². The van der Waals surface area contributed by atoms with E-state index in [4.69, 9.17) is 0 Å². The van der Waals surface area contributed by atoms with Gasteiger partial charge in [0.1, 0.15) is 22.0 Å². The molecule has 3 aromatic rings. The summed E-state index contributed by atoms with van der Waals surface area (Å²) in [7, 11) is -8.29. The first-order valence-corrected chi connectivity index (χ1v) is 11.0.